The molecule has 0 saturated carbocycles. The Labute approximate surface area is 155 Å². The molecule has 0 heterocycles. The minimum atomic E-state index is 0.0569. The first-order chi connectivity index (χ1) is 11.7. The molecule has 0 aliphatic heterocycles. The van der Waals surface area contributed by atoms with Crippen LogP contribution in [0, 0.1) is 6.92 Å². The van der Waals surface area contributed by atoms with Gasteiger partial charge in [0.25, 0.3) is 0 Å². The van der Waals surface area contributed by atoms with Crippen LogP contribution >= 0.6 is 21.6 Å². The second-order valence-corrected chi connectivity index (χ2v) is 7.48. The second-order valence-electron chi connectivity index (χ2n) is 4.99. The molecule has 1 rings (SSSR count). The van der Waals surface area contributed by atoms with Crippen molar-refractivity contribution in [2.45, 2.75) is 32.1 Å². The fourth-order valence-corrected chi connectivity index (χ4v) is 3.25. The Balaban J connectivity index is 0.00000163. The molecule has 4 nitrogen and oxygen atoms in total. The van der Waals surface area contributed by atoms with Crippen LogP contribution in [0.1, 0.15) is 25.8 Å². The molecular weight excluding hydrogens is 344 g/mol. The van der Waals surface area contributed by atoms with Crippen LogP contribution < -0.4 is 0 Å². The number of aliphatic hydroxyl groups excluding tert-OH is 1. The van der Waals surface area contributed by atoms with Crippen molar-refractivity contribution in [3.8, 4) is 0 Å². The van der Waals surface area contributed by atoms with Crippen molar-refractivity contribution in [1.29, 1.82) is 0 Å². The number of aryl methyl sites for hydroxylation is 1. The van der Waals surface area contributed by atoms with E-state index in [0.717, 1.165) is 12.4 Å². The topological polar surface area (TPSA) is 47.9 Å². The van der Waals surface area contributed by atoms with Crippen LogP contribution in [0.5, 0.6) is 0 Å². The van der Waals surface area contributed by atoms with Gasteiger partial charge in [-0.05, 0) is 19.1 Å². The Morgan fingerprint density at radius 1 is 0.833 bits per heavy atom. The summed E-state index contributed by atoms with van der Waals surface area (Å²) in [6, 6.07) is 8.53. The Morgan fingerprint density at radius 3 is 1.88 bits per heavy atom. The van der Waals surface area contributed by atoms with E-state index < -0.39 is 0 Å². The first kappa shape index (κ1) is 23.8. The first-order valence-electron chi connectivity index (χ1n) is 8.44. The fourth-order valence-electron chi connectivity index (χ4n) is 1.40. The van der Waals surface area contributed by atoms with E-state index in [4.69, 9.17) is 19.3 Å². The fraction of sp³-hybridized carbons (Fsp3) is 0.667. The average molecular weight is 377 g/mol. The SMILES string of the molecule is CCC.Cc1ccc(SSCCOCCOCCOCCO)cc1. The molecule has 0 amide bonds. The molecular formula is C18H32O4S2. The van der Waals surface area contributed by atoms with E-state index in [9.17, 15) is 0 Å². The lowest BCUT2D eigenvalue weighted by Crippen LogP contribution is -2.11. The lowest BCUT2D eigenvalue weighted by Gasteiger charge is -2.06. The minimum Gasteiger partial charge on any atom is -0.394 e. The van der Waals surface area contributed by atoms with Gasteiger partial charge in [0.1, 0.15) is 0 Å². The van der Waals surface area contributed by atoms with Gasteiger partial charge in [-0.15, -0.1) is 0 Å². The molecule has 0 fully saturated rings. The maximum atomic E-state index is 8.51. The lowest BCUT2D eigenvalue weighted by atomic mass is 10.2. The predicted molar refractivity (Wildman–Crippen MR) is 105 cm³/mol. The van der Waals surface area contributed by atoms with Crippen LogP contribution in [0.3, 0.4) is 0 Å². The maximum absolute atomic E-state index is 8.51. The molecule has 0 atom stereocenters. The quantitative estimate of drug-likeness (QED) is 0.411. The number of hydrogen-bond acceptors (Lipinski definition) is 6. The van der Waals surface area contributed by atoms with Crippen molar-refractivity contribution in [2.75, 3.05) is 52.0 Å². The van der Waals surface area contributed by atoms with E-state index in [1.54, 1.807) is 21.6 Å². The van der Waals surface area contributed by atoms with Gasteiger partial charge in [-0.25, -0.2) is 0 Å². The van der Waals surface area contributed by atoms with E-state index in [1.807, 2.05) is 0 Å². The van der Waals surface area contributed by atoms with Crippen LogP contribution in [0.4, 0.5) is 0 Å². The summed E-state index contributed by atoms with van der Waals surface area (Å²) in [4.78, 5) is 1.27. The largest absolute Gasteiger partial charge is 0.394 e. The van der Waals surface area contributed by atoms with Crippen LogP contribution in [0.2, 0.25) is 0 Å². The Bertz CT molecular complexity index is 361. The third-order valence-electron chi connectivity index (χ3n) is 2.47. The Hall–Kier alpha value is -0.240. The molecule has 0 aromatic heterocycles. The highest BCUT2D eigenvalue weighted by Gasteiger charge is 1.95. The first-order valence-corrected chi connectivity index (χ1v) is 10.8. The Kier molecular flexibility index (Phi) is 18.9. The molecule has 0 bridgehead atoms. The number of aliphatic hydroxyl groups is 1. The van der Waals surface area contributed by atoms with Crippen LogP contribution in [0.15, 0.2) is 29.2 Å². The highest BCUT2D eigenvalue weighted by molar-refractivity contribution is 8.76. The van der Waals surface area contributed by atoms with E-state index in [0.29, 0.717) is 33.0 Å². The summed E-state index contributed by atoms with van der Waals surface area (Å²) in [7, 11) is 3.57. The zero-order valence-electron chi connectivity index (χ0n) is 15.2. The summed E-state index contributed by atoms with van der Waals surface area (Å²) < 4.78 is 15.9. The normalized spacial score (nSPS) is 10.3. The molecule has 6 heteroatoms. The molecule has 1 aromatic rings. The molecule has 0 radical (unpaired) electrons. The number of ether oxygens (including phenoxy) is 3. The van der Waals surface area contributed by atoms with Gasteiger partial charge >= 0.3 is 0 Å². The van der Waals surface area contributed by atoms with Gasteiger partial charge < -0.3 is 19.3 Å². The third-order valence-corrected chi connectivity index (χ3v) is 4.81. The monoisotopic (exact) mass is 376 g/mol. The summed E-state index contributed by atoms with van der Waals surface area (Å²) in [5.74, 6) is 0.957. The number of hydrogen-bond donors (Lipinski definition) is 1. The third kappa shape index (κ3) is 16.6. The zero-order chi connectivity index (χ0) is 17.9. The van der Waals surface area contributed by atoms with E-state index in [1.165, 1.54) is 16.9 Å². The van der Waals surface area contributed by atoms with Gasteiger partial charge in [0.05, 0.1) is 46.2 Å². The number of benzene rings is 1. The van der Waals surface area contributed by atoms with Gasteiger partial charge in [0.2, 0.25) is 0 Å². The maximum Gasteiger partial charge on any atom is 0.0701 e. The second kappa shape index (κ2) is 19.1. The van der Waals surface area contributed by atoms with Gasteiger partial charge in [0, 0.05) is 10.6 Å². The van der Waals surface area contributed by atoms with Gasteiger partial charge in [-0.1, -0.05) is 59.6 Å². The summed E-state index contributed by atoms with van der Waals surface area (Å²) in [5, 5.41) is 8.51. The van der Waals surface area contributed by atoms with E-state index >= 15 is 0 Å². The van der Waals surface area contributed by atoms with Crippen LogP contribution in [-0.2, 0) is 14.2 Å². The smallest absolute Gasteiger partial charge is 0.0701 e. The Morgan fingerprint density at radius 2 is 1.33 bits per heavy atom. The number of rotatable bonds is 13. The zero-order valence-corrected chi connectivity index (χ0v) is 16.8. The van der Waals surface area contributed by atoms with Crippen molar-refractivity contribution in [3.63, 3.8) is 0 Å². The molecule has 1 N–H and O–H groups in total. The highest BCUT2D eigenvalue weighted by Crippen LogP contribution is 2.30. The lowest BCUT2D eigenvalue weighted by molar-refractivity contribution is 0.0100. The van der Waals surface area contributed by atoms with Crippen molar-refractivity contribution in [3.05, 3.63) is 29.8 Å². The molecule has 1 aromatic carbocycles. The van der Waals surface area contributed by atoms with Crippen molar-refractivity contribution < 1.29 is 19.3 Å². The molecule has 0 spiro atoms. The van der Waals surface area contributed by atoms with Crippen molar-refractivity contribution in [2.24, 2.45) is 0 Å². The molecule has 0 saturated heterocycles. The highest BCUT2D eigenvalue weighted by atomic mass is 33.1. The van der Waals surface area contributed by atoms with E-state index in [2.05, 4.69) is 45.0 Å². The van der Waals surface area contributed by atoms with Gasteiger partial charge in [-0.3, -0.25) is 0 Å². The summed E-state index contributed by atoms with van der Waals surface area (Å²) in [5.41, 5.74) is 1.29. The van der Waals surface area contributed by atoms with Gasteiger partial charge in [0.15, 0.2) is 0 Å². The molecule has 0 unspecified atom stereocenters. The minimum absolute atomic E-state index is 0.0569. The molecule has 140 valence electrons. The summed E-state index contributed by atoms with van der Waals surface area (Å²) in [6.45, 7) is 9.75. The summed E-state index contributed by atoms with van der Waals surface area (Å²) in [6.07, 6.45) is 1.25. The van der Waals surface area contributed by atoms with Crippen LogP contribution in [-0.4, -0.2) is 57.1 Å². The summed E-state index contributed by atoms with van der Waals surface area (Å²) >= 11 is 0. The average Bonchev–Trinajstić information content (AvgIpc) is 2.58. The van der Waals surface area contributed by atoms with Gasteiger partial charge in [-0.2, -0.15) is 0 Å². The standard InChI is InChI=1S/C15H24O4S2.C3H8/c1-14-2-4-15(5-3-14)21-20-13-12-19-11-10-18-9-8-17-7-6-16;1-3-2/h2-5,16H,6-13H2,1H3;3H2,1-2H3. The van der Waals surface area contributed by atoms with E-state index in [-0.39, 0.29) is 6.61 Å². The predicted octanol–water partition coefficient (Wildman–Crippen LogP) is 4.19. The molecule has 0 aliphatic carbocycles. The van der Waals surface area contributed by atoms with Crippen molar-refractivity contribution in [1.82, 2.24) is 0 Å². The molecule has 24 heavy (non-hydrogen) atoms. The van der Waals surface area contributed by atoms with Crippen molar-refractivity contribution >= 4 is 21.6 Å². The van der Waals surface area contributed by atoms with Crippen LogP contribution in [0.25, 0.3) is 0 Å². The molecule has 0 aliphatic rings.